The van der Waals surface area contributed by atoms with Gasteiger partial charge in [0.1, 0.15) is 5.82 Å². The van der Waals surface area contributed by atoms with Crippen molar-refractivity contribution in [3.63, 3.8) is 0 Å². The maximum absolute atomic E-state index is 10.5. The van der Waals surface area contributed by atoms with Crippen molar-refractivity contribution in [2.75, 3.05) is 25.0 Å². The summed E-state index contributed by atoms with van der Waals surface area (Å²) in [5, 5.41) is 13.9. The third-order valence-corrected chi connectivity index (χ3v) is 5.59. The molecule has 5 nitrogen and oxygen atoms in total. The van der Waals surface area contributed by atoms with Gasteiger partial charge in [-0.15, -0.1) is 0 Å². The third kappa shape index (κ3) is 4.11. The zero-order valence-corrected chi connectivity index (χ0v) is 14.9. The summed E-state index contributed by atoms with van der Waals surface area (Å²) in [5.74, 6) is 1.98. The largest absolute Gasteiger partial charge is 0.391 e. The van der Waals surface area contributed by atoms with E-state index in [2.05, 4.69) is 56.6 Å². The van der Waals surface area contributed by atoms with Gasteiger partial charge in [-0.3, -0.25) is 9.88 Å². The van der Waals surface area contributed by atoms with Crippen molar-refractivity contribution >= 4 is 11.9 Å². The number of hydrogen-bond acceptors (Lipinski definition) is 5. The van der Waals surface area contributed by atoms with Crippen molar-refractivity contribution in [1.29, 1.82) is 0 Å². The van der Waals surface area contributed by atoms with Gasteiger partial charge in [0.2, 0.25) is 0 Å². The van der Waals surface area contributed by atoms with Gasteiger partial charge in [0.25, 0.3) is 0 Å². The number of nitrogens with zero attached hydrogens (tertiary/aromatic N) is 3. The van der Waals surface area contributed by atoms with Gasteiger partial charge < -0.3 is 10.4 Å². The van der Waals surface area contributed by atoms with Crippen molar-refractivity contribution < 1.29 is 5.11 Å². The summed E-state index contributed by atoms with van der Waals surface area (Å²) in [6.45, 7) is 3.16. The minimum atomic E-state index is -0.321. The first-order valence-electron chi connectivity index (χ1n) is 9.42. The first kappa shape index (κ1) is 17.2. The first-order valence-corrected chi connectivity index (χ1v) is 9.42. The molecule has 1 aromatic carbocycles. The van der Waals surface area contributed by atoms with Crippen LogP contribution < -0.4 is 5.32 Å². The van der Waals surface area contributed by atoms with Crippen LogP contribution in [-0.2, 0) is 0 Å². The van der Waals surface area contributed by atoms with Crippen LogP contribution >= 0.6 is 0 Å². The Balaban J connectivity index is 1.31. The van der Waals surface area contributed by atoms with E-state index in [1.54, 1.807) is 18.6 Å². The molecule has 2 N–H and O–H groups in total. The zero-order valence-electron chi connectivity index (χ0n) is 14.9. The molecule has 0 amide bonds. The van der Waals surface area contributed by atoms with Crippen molar-refractivity contribution in [3.05, 3.63) is 60.6 Å². The Morgan fingerprint density at radius 2 is 1.92 bits per heavy atom. The van der Waals surface area contributed by atoms with E-state index in [-0.39, 0.29) is 12.1 Å². The van der Waals surface area contributed by atoms with Gasteiger partial charge in [0.15, 0.2) is 0 Å². The molecule has 2 heterocycles. The maximum atomic E-state index is 10.5. The van der Waals surface area contributed by atoms with Gasteiger partial charge in [0, 0.05) is 32.0 Å². The number of rotatable bonds is 5. The second-order valence-corrected chi connectivity index (χ2v) is 7.43. The Morgan fingerprint density at radius 3 is 2.69 bits per heavy atom. The fourth-order valence-electron chi connectivity index (χ4n) is 4.30. The smallest absolute Gasteiger partial charge is 0.144 e. The standard InChI is InChI=1S/C21H26N4O/c26-20-12-18-15-25(10-4-7-16-5-2-1-3-6-16)14-17(18)11-19(20)24-21-13-22-8-9-23-21/h1-9,13,17-20,26H,10-12,14-15H2,(H,23,24)/b7-4+/t17-,18+,19-,20-/m1/s1. The van der Waals surface area contributed by atoms with E-state index in [0.29, 0.717) is 11.8 Å². The average Bonchev–Trinajstić information content (AvgIpc) is 3.05. The predicted molar refractivity (Wildman–Crippen MR) is 104 cm³/mol. The van der Waals surface area contributed by atoms with Crippen LogP contribution in [0, 0.1) is 11.8 Å². The van der Waals surface area contributed by atoms with Gasteiger partial charge >= 0.3 is 0 Å². The minimum absolute atomic E-state index is 0.0627. The van der Waals surface area contributed by atoms with E-state index in [1.165, 1.54) is 5.56 Å². The number of aliphatic hydroxyl groups excluding tert-OH is 1. The lowest BCUT2D eigenvalue weighted by molar-refractivity contribution is 0.0735. The highest BCUT2D eigenvalue weighted by molar-refractivity contribution is 5.48. The molecule has 2 aliphatic rings. The quantitative estimate of drug-likeness (QED) is 0.868. The van der Waals surface area contributed by atoms with Gasteiger partial charge in [-0.05, 0) is 30.2 Å². The SMILES string of the molecule is O[C@@H]1C[C@H]2CN(C/C=C/c3ccccc3)C[C@H]2C[C@H]1Nc1cnccn1. The molecular weight excluding hydrogens is 324 g/mol. The summed E-state index contributed by atoms with van der Waals surface area (Å²) in [5.41, 5.74) is 1.24. The lowest BCUT2D eigenvalue weighted by atomic mass is 9.77. The fraction of sp³-hybridized carbons (Fsp3) is 0.429. The molecular formula is C21H26N4O. The molecule has 1 saturated carbocycles. The van der Waals surface area contributed by atoms with Crippen molar-refractivity contribution in [2.24, 2.45) is 11.8 Å². The summed E-state index contributed by atoms with van der Waals surface area (Å²) in [4.78, 5) is 10.9. The third-order valence-electron chi connectivity index (χ3n) is 5.59. The summed E-state index contributed by atoms with van der Waals surface area (Å²) < 4.78 is 0. The highest BCUT2D eigenvalue weighted by atomic mass is 16.3. The first-order chi connectivity index (χ1) is 12.8. The van der Waals surface area contributed by atoms with E-state index < -0.39 is 0 Å². The van der Waals surface area contributed by atoms with Crippen LogP contribution in [-0.4, -0.2) is 51.8 Å². The molecule has 2 fully saturated rings. The minimum Gasteiger partial charge on any atom is -0.391 e. The Morgan fingerprint density at radius 1 is 1.12 bits per heavy atom. The summed E-state index contributed by atoms with van der Waals surface area (Å²) in [6.07, 6.45) is 11.0. The molecule has 2 aromatic rings. The number of likely N-dealkylation sites (tertiary alicyclic amines) is 1. The molecule has 1 aliphatic heterocycles. The number of hydrogen-bond donors (Lipinski definition) is 2. The van der Waals surface area contributed by atoms with Crippen LogP contribution in [0.4, 0.5) is 5.82 Å². The van der Waals surface area contributed by atoms with Gasteiger partial charge in [0.05, 0.1) is 18.3 Å². The van der Waals surface area contributed by atoms with Crippen molar-refractivity contribution in [1.82, 2.24) is 14.9 Å². The van der Waals surface area contributed by atoms with E-state index in [1.807, 2.05) is 6.07 Å². The Labute approximate surface area is 154 Å². The normalized spacial score (nSPS) is 29.0. The second-order valence-electron chi connectivity index (χ2n) is 7.43. The molecule has 0 unspecified atom stereocenters. The summed E-state index contributed by atoms with van der Waals surface area (Å²) in [7, 11) is 0. The zero-order chi connectivity index (χ0) is 17.8. The van der Waals surface area contributed by atoms with E-state index >= 15 is 0 Å². The van der Waals surface area contributed by atoms with Gasteiger partial charge in [-0.1, -0.05) is 42.5 Å². The highest BCUT2D eigenvalue weighted by Gasteiger charge is 2.41. The summed E-state index contributed by atoms with van der Waals surface area (Å²) >= 11 is 0. The molecule has 4 atom stereocenters. The van der Waals surface area contributed by atoms with Gasteiger partial charge in [-0.25, -0.2) is 4.98 Å². The highest BCUT2D eigenvalue weighted by Crippen LogP contribution is 2.37. The Bertz CT molecular complexity index is 721. The number of fused-ring (bicyclic) bond motifs is 1. The number of nitrogens with one attached hydrogen (secondary N) is 1. The van der Waals surface area contributed by atoms with Crippen LogP contribution in [0.1, 0.15) is 18.4 Å². The van der Waals surface area contributed by atoms with E-state index in [4.69, 9.17) is 0 Å². The van der Waals surface area contributed by atoms with Crippen LogP contribution in [0.5, 0.6) is 0 Å². The number of benzene rings is 1. The molecule has 1 saturated heterocycles. The van der Waals surface area contributed by atoms with Gasteiger partial charge in [-0.2, -0.15) is 0 Å². The van der Waals surface area contributed by atoms with Crippen LogP contribution in [0.2, 0.25) is 0 Å². The van der Waals surface area contributed by atoms with E-state index in [9.17, 15) is 5.11 Å². The second kappa shape index (κ2) is 7.98. The molecule has 136 valence electrons. The molecule has 1 aliphatic carbocycles. The molecule has 0 spiro atoms. The van der Waals surface area contributed by atoms with Crippen molar-refractivity contribution in [3.8, 4) is 0 Å². The Kier molecular flexibility index (Phi) is 5.27. The van der Waals surface area contributed by atoms with Crippen LogP contribution in [0.3, 0.4) is 0 Å². The number of aliphatic hydroxyl groups is 1. The lowest BCUT2D eigenvalue weighted by Crippen LogP contribution is -2.43. The maximum Gasteiger partial charge on any atom is 0.144 e. The lowest BCUT2D eigenvalue weighted by Gasteiger charge is -2.35. The molecule has 0 radical (unpaired) electrons. The fourth-order valence-corrected chi connectivity index (χ4v) is 4.30. The van der Waals surface area contributed by atoms with Crippen LogP contribution in [0.25, 0.3) is 6.08 Å². The number of aromatic nitrogens is 2. The molecule has 26 heavy (non-hydrogen) atoms. The molecule has 1 aromatic heterocycles. The topological polar surface area (TPSA) is 61.3 Å². The average molecular weight is 350 g/mol. The van der Waals surface area contributed by atoms with Crippen LogP contribution in [0.15, 0.2) is 55.0 Å². The monoisotopic (exact) mass is 350 g/mol. The molecule has 4 rings (SSSR count). The Hall–Kier alpha value is -2.24. The van der Waals surface area contributed by atoms with Crippen molar-refractivity contribution in [2.45, 2.75) is 25.0 Å². The predicted octanol–water partition coefficient (Wildman–Crippen LogP) is 2.67. The van der Waals surface area contributed by atoms with E-state index in [0.717, 1.165) is 38.3 Å². The summed E-state index contributed by atoms with van der Waals surface area (Å²) in [6, 6.07) is 10.5. The molecule has 0 bridgehead atoms. The number of anilines is 1. The molecule has 5 heteroatoms.